The number of hydrogen-bond donors (Lipinski definition) is 1. The summed E-state index contributed by atoms with van der Waals surface area (Å²) in [4.78, 5) is 14.1. The fourth-order valence-corrected chi connectivity index (χ4v) is 1.87. The van der Waals surface area contributed by atoms with E-state index < -0.39 is 0 Å². The number of carbonyl (C=O) groups is 1. The van der Waals surface area contributed by atoms with Crippen LogP contribution in [0.25, 0.3) is 0 Å². The molecule has 0 aliphatic rings. The van der Waals surface area contributed by atoms with Gasteiger partial charge >= 0.3 is 0 Å². The highest BCUT2D eigenvalue weighted by Crippen LogP contribution is 2.28. The first-order valence-electron chi connectivity index (χ1n) is 5.97. The summed E-state index contributed by atoms with van der Waals surface area (Å²) in [6.07, 6.45) is 0. The molecule has 0 saturated heterocycles. The zero-order chi connectivity index (χ0) is 14.1. The van der Waals surface area contributed by atoms with Gasteiger partial charge in [-0.3, -0.25) is 4.79 Å². The maximum Gasteiger partial charge on any atom is 0.255 e. The highest BCUT2D eigenvalue weighted by Gasteiger charge is 2.28. The van der Waals surface area contributed by atoms with E-state index >= 15 is 0 Å². The van der Waals surface area contributed by atoms with Crippen LogP contribution in [-0.4, -0.2) is 23.9 Å². The lowest BCUT2D eigenvalue weighted by atomic mass is 9.87. The van der Waals surface area contributed by atoms with Gasteiger partial charge in [0.15, 0.2) is 0 Å². The van der Waals surface area contributed by atoms with Crippen LogP contribution in [0, 0.1) is 5.41 Å². The van der Waals surface area contributed by atoms with E-state index in [4.69, 9.17) is 17.3 Å². The van der Waals surface area contributed by atoms with Gasteiger partial charge < -0.3 is 10.6 Å². The van der Waals surface area contributed by atoms with Crippen LogP contribution in [0.2, 0.25) is 5.02 Å². The summed E-state index contributed by atoms with van der Waals surface area (Å²) in [7, 11) is 1.79. The number of carbonyl (C=O) groups excluding carboxylic acids is 1. The van der Waals surface area contributed by atoms with Crippen molar-refractivity contribution in [2.75, 3.05) is 12.8 Å². The third-order valence-corrected chi connectivity index (χ3v) is 3.84. The lowest BCUT2D eigenvalue weighted by Gasteiger charge is -2.35. The number of nitrogens with zero attached hydrogens (tertiary/aromatic N) is 1. The molecule has 0 heterocycles. The molecule has 1 aromatic carbocycles. The molecule has 0 radical (unpaired) electrons. The van der Waals surface area contributed by atoms with Crippen LogP contribution in [0.1, 0.15) is 38.1 Å². The molecule has 0 aliphatic heterocycles. The molecule has 1 amide bonds. The number of halogens is 1. The van der Waals surface area contributed by atoms with E-state index in [0.717, 1.165) is 0 Å². The quantitative estimate of drug-likeness (QED) is 0.836. The molecule has 1 rings (SSSR count). The summed E-state index contributed by atoms with van der Waals surface area (Å²) in [5.41, 5.74) is 6.61. The number of amides is 1. The maximum absolute atomic E-state index is 12.4. The van der Waals surface area contributed by atoms with Crippen molar-refractivity contribution in [3.05, 3.63) is 28.8 Å². The first-order valence-corrected chi connectivity index (χ1v) is 6.35. The Morgan fingerprint density at radius 2 is 1.94 bits per heavy atom. The molecule has 2 N–H and O–H groups in total. The standard InChI is InChI=1S/C14H21ClN2O/c1-9(14(2,3)4)17(5)13(18)10-7-6-8-11(16)12(10)15/h6-9H,16H2,1-5H3. The number of benzene rings is 1. The second kappa shape index (κ2) is 5.19. The summed E-state index contributed by atoms with van der Waals surface area (Å²) in [6, 6.07) is 5.23. The summed E-state index contributed by atoms with van der Waals surface area (Å²) >= 11 is 6.08. The Morgan fingerprint density at radius 1 is 1.39 bits per heavy atom. The van der Waals surface area contributed by atoms with Gasteiger partial charge in [-0.1, -0.05) is 38.4 Å². The van der Waals surface area contributed by atoms with E-state index in [-0.39, 0.29) is 17.4 Å². The molecule has 1 unspecified atom stereocenters. The maximum atomic E-state index is 12.4. The summed E-state index contributed by atoms with van der Waals surface area (Å²) in [6.45, 7) is 8.32. The molecule has 0 spiro atoms. The van der Waals surface area contributed by atoms with Crippen molar-refractivity contribution in [3.8, 4) is 0 Å². The van der Waals surface area contributed by atoms with Crippen molar-refractivity contribution in [1.29, 1.82) is 0 Å². The summed E-state index contributed by atoms with van der Waals surface area (Å²) in [5.74, 6) is -0.102. The number of nitrogen functional groups attached to an aromatic ring is 1. The van der Waals surface area contributed by atoms with Gasteiger partial charge in [0.2, 0.25) is 0 Å². The minimum Gasteiger partial charge on any atom is -0.398 e. The van der Waals surface area contributed by atoms with Gasteiger partial charge in [-0.15, -0.1) is 0 Å². The average molecular weight is 269 g/mol. The third-order valence-electron chi connectivity index (χ3n) is 3.41. The fourth-order valence-electron chi connectivity index (χ4n) is 1.66. The molecule has 1 atom stereocenters. The van der Waals surface area contributed by atoms with Gasteiger partial charge in [-0.2, -0.15) is 0 Å². The zero-order valence-electron chi connectivity index (χ0n) is 11.6. The Kier molecular flexibility index (Phi) is 4.28. The minimum absolute atomic E-state index is 0.0111. The predicted octanol–water partition coefficient (Wildman–Crippen LogP) is 3.43. The molecule has 0 saturated carbocycles. The SMILES string of the molecule is CC(N(C)C(=O)c1cccc(N)c1Cl)C(C)(C)C. The van der Waals surface area contributed by atoms with Crippen molar-refractivity contribution in [1.82, 2.24) is 4.90 Å². The van der Waals surface area contributed by atoms with Crippen molar-refractivity contribution in [3.63, 3.8) is 0 Å². The number of hydrogen-bond acceptors (Lipinski definition) is 2. The minimum atomic E-state index is -0.102. The lowest BCUT2D eigenvalue weighted by molar-refractivity contribution is 0.0629. The highest BCUT2D eigenvalue weighted by molar-refractivity contribution is 6.36. The highest BCUT2D eigenvalue weighted by atomic mass is 35.5. The van der Waals surface area contributed by atoms with Crippen LogP contribution in [-0.2, 0) is 0 Å². The number of anilines is 1. The van der Waals surface area contributed by atoms with E-state index in [1.165, 1.54) is 0 Å². The second-order valence-electron chi connectivity index (χ2n) is 5.67. The second-order valence-corrected chi connectivity index (χ2v) is 6.04. The van der Waals surface area contributed by atoms with E-state index in [2.05, 4.69) is 20.8 Å². The largest absolute Gasteiger partial charge is 0.398 e. The third kappa shape index (κ3) is 2.96. The monoisotopic (exact) mass is 268 g/mol. The molecule has 0 fully saturated rings. The molecule has 1 aromatic rings. The van der Waals surface area contributed by atoms with Crippen molar-refractivity contribution in [2.24, 2.45) is 5.41 Å². The van der Waals surface area contributed by atoms with Gasteiger partial charge in [0.1, 0.15) is 0 Å². The van der Waals surface area contributed by atoms with E-state index in [0.29, 0.717) is 16.3 Å². The molecule has 3 nitrogen and oxygen atoms in total. The molecule has 4 heteroatoms. The molecule has 0 aliphatic carbocycles. The number of rotatable bonds is 2. The summed E-state index contributed by atoms with van der Waals surface area (Å²) in [5, 5.41) is 0.329. The van der Waals surface area contributed by atoms with Crippen molar-refractivity contribution in [2.45, 2.75) is 33.7 Å². The van der Waals surface area contributed by atoms with Crippen molar-refractivity contribution < 1.29 is 4.79 Å². The van der Waals surface area contributed by atoms with Crippen LogP contribution in [0.15, 0.2) is 18.2 Å². The van der Waals surface area contributed by atoms with E-state index in [1.54, 1.807) is 30.1 Å². The zero-order valence-corrected chi connectivity index (χ0v) is 12.4. The van der Waals surface area contributed by atoms with E-state index in [1.807, 2.05) is 6.92 Å². The van der Waals surface area contributed by atoms with Crippen molar-refractivity contribution >= 4 is 23.2 Å². The summed E-state index contributed by atoms with van der Waals surface area (Å²) < 4.78 is 0. The Hall–Kier alpha value is -1.22. The Bertz CT molecular complexity index is 452. The lowest BCUT2D eigenvalue weighted by Crippen LogP contribution is -2.43. The first-order chi connectivity index (χ1) is 8.16. The van der Waals surface area contributed by atoms with Crippen LogP contribution in [0.4, 0.5) is 5.69 Å². The molecule has 100 valence electrons. The molecular formula is C14H21ClN2O. The van der Waals surface area contributed by atoms with Gasteiger partial charge in [0.25, 0.3) is 5.91 Å². The van der Waals surface area contributed by atoms with Gasteiger partial charge in [-0.25, -0.2) is 0 Å². The Labute approximate surface area is 114 Å². The average Bonchev–Trinajstić information content (AvgIpc) is 2.28. The van der Waals surface area contributed by atoms with Crippen LogP contribution >= 0.6 is 11.6 Å². The smallest absolute Gasteiger partial charge is 0.255 e. The Balaban J connectivity index is 3.05. The molecular weight excluding hydrogens is 248 g/mol. The fraction of sp³-hybridized carbons (Fsp3) is 0.500. The van der Waals surface area contributed by atoms with Crippen LogP contribution in [0.3, 0.4) is 0 Å². The normalized spacial score (nSPS) is 13.2. The predicted molar refractivity (Wildman–Crippen MR) is 76.9 cm³/mol. The topological polar surface area (TPSA) is 46.3 Å². The molecule has 0 bridgehead atoms. The van der Waals surface area contributed by atoms with E-state index in [9.17, 15) is 4.79 Å². The van der Waals surface area contributed by atoms with Crippen LogP contribution < -0.4 is 5.73 Å². The molecule has 0 aromatic heterocycles. The first kappa shape index (κ1) is 14.8. The van der Waals surface area contributed by atoms with Gasteiger partial charge in [0, 0.05) is 13.1 Å². The number of nitrogens with two attached hydrogens (primary N) is 1. The van der Waals surface area contributed by atoms with Gasteiger partial charge in [-0.05, 0) is 24.5 Å². The Morgan fingerprint density at radius 3 is 2.44 bits per heavy atom. The van der Waals surface area contributed by atoms with Crippen LogP contribution in [0.5, 0.6) is 0 Å². The van der Waals surface area contributed by atoms with Gasteiger partial charge in [0.05, 0.1) is 16.3 Å². The molecule has 18 heavy (non-hydrogen) atoms.